The molecule has 162 valence electrons. The standard InChI is InChI=1S/C24H24N6O2/c1-24(8-9-24)32-15-6-7-17-16(11-15)21(29-28-17)18-12-20(26-13-25-18)30-10-2-3-19-22(30)27-23(31-19)14-4-5-14/h6-7,11-14H,2-5,8-10H2,1H3,(H,28,29). The van der Waals surface area contributed by atoms with Crippen LogP contribution in [0.1, 0.15) is 56.6 Å². The monoisotopic (exact) mass is 428 g/mol. The van der Waals surface area contributed by atoms with Gasteiger partial charge in [-0.25, -0.2) is 9.97 Å². The number of hydrogen-bond donors (Lipinski definition) is 1. The molecule has 1 N–H and O–H groups in total. The number of anilines is 2. The molecule has 3 aromatic heterocycles. The summed E-state index contributed by atoms with van der Waals surface area (Å²) < 4.78 is 12.2. The number of fused-ring (bicyclic) bond motifs is 2. The summed E-state index contributed by atoms with van der Waals surface area (Å²) >= 11 is 0. The quantitative estimate of drug-likeness (QED) is 0.483. The lowest BCUT2D eigenvalue weighted by Gasteiger charge is -2.25. The van der Waals surface area contributed by atoms with Crippen LogP contribution in [0.3, 0.4) is 0 Å². The summed E-state index contributed by atoms with van der Waals surface area (Å²) in [5.74, 6) is 4.94. The van der Waals surface area contributed by atoms with Crippen molar-refractivity contribution in [1.82, 2.24) is 25.1 Å². The summed E-state index contributed by atoms with van der Waals surface area (Å²) in [5, 5.41) is 8.68. The SMILES string of the molecule is CC1(Oc2ccc3[nH]nc(-c4cc(N5CCCc6oc(C7CC7)nc65)ncn4)c3c2)CC1. The summed E-state index contributed by atoms with van der Waals surface area (Å²) in [7, 11) is 0. The molecular formula is C24H24N6O2. The van der Waals surface area contributed by atoms with Crippen LogP contribution in [-0.4, -0.2) is 37.3 Å². The van der Waals surface area contributed by atoms with E-state index in [-0.39, 0.29) is 5.60 Å². The Kier molecular flexibility index (Phi) is 3.72. The molecule has 8 nitrogen and oxygen atoms in total. The third-order valence-electron chi connectivity index (χ3n) is 6.69. The Bertz CT molecular complexity index is 1330. The van der Waals surface area contributed by atoms with E-state index in [0.717, 1.165) is 83.6 Å². The van der Waals surface area contributed by atoms with E-state index in [1.165, 1.54) is 12.8 Å². The van der Waals surface area contributed by atoms with Gasteiger partial charge in [0.05, 0.1) is 11.2 Å². The van der Waals surface area contributed by atoms with Crippen molar-refractivity contribution in [3.05, 3.63) is 42.2 Å². The van der Waals surface area contributed by atoms with Gasteiger partial charge in [0.1, 0.15) is 34.9 Å². The van der Waals surface area contributed by atoms with Crippen LogP contribution < -0.4 is 9.64 Å². The van der Waals surface area contributed by atoms with E-state index in [4.69, 9.17) is 14.1 Å². The molecule has 8 heteroatoms. The topological polar surface area (TPSA) is 93.0 Å². The van der Waals surface area contributed by atoms with Gasteiger partial charge in [0, 0.05) is 30.3 Å². The van der Waals surface area contributed by atoms with Gasteiger partial charge in [0.2, 0.25) is 0 Å². The predicted molar refractivity (Wildman–Crippen MR) is 119 cm³/mol. The molecule has 2 aliphatic carbocycles. The Labute approximate surface area is 185 Å². The minimum atomic E-state index is -0.0253. The van der Waals surface area contributed by atoms with Gasteiger partial charge in [0.25, 0.3) is 0 Å². The second kappa shape index (κ2) is 6.54. The van der Waals surface area contributed by atoms with Gasteiger partial charge in [-0.1, -0.05) is 0 Å². The molecule has 0 saturated heterocycles. The van der Waals surface area contributed by atoms with Gasteiger partial charge < -0.3 is 14.1 Å². The lowest BCUT2D eigenvalue weighted by molar-refractivity contribution is 0.200. The molecule has 0 spiro atoms. The summed E-state index contributed by atoms with van der Waals surface area (Å²) in [6, 6.07) is 8.06. The molecule has 7 rings (SSSR count). The highest BCUT2D eigenvalue weighted by Gasteiger charge is 2.40. The van der Waals surface area contributed by atoms with Gasteiger partial charge in [-0.15, -0.1) is 0 Å². The van der Waals surface area contributed by atoms with Crippen molar-refractivity contribution in [1.29, 1.82) is 0 Å². The van der Waals surface area contributed by atoms with Crippen molar-refractivity contribution >= 4 is 22.5 Å². The molecule has 4 aromatic rings. The van der Waals surface area contributed by atoms with Crippen molar-refractivity contribution in [3.8, 4) is 17.1 Å². The minimum absolute atomic E-state index is 0.0253. The summed E-state index contributed by atoms with van der Waals surface area (Å²) in [5.41, 5.74) is 2.50. The van der Waals surface area contributed by atoms with Crippen LogP contribution in [0.15, 0.2) is 35.0 Å². The fourth-order valence-electron chi connectivity index (χ4n) is 4.41. The Morgan fingerprint density at radius 2 is 2.09 bits per heavy atom. The number of hydrogen-bond acceptors (Lipinski definition) is 7. The number of nitrogens with one attached hydrogen (secondary N) is 1. The van der Waals surface area contributed by atoms with Gasteiger partial charge in [-0.05, 0) is 57.2 Å². The Morgan fingerprint density at radius 1 is 1.19 bits per heavy atom. The van der Waals surface area contributed by atoms with E-state index in [0.29, 0.717) is 5.92 Å². The molecule has 1 aromatic carbocycles. The molecule has 0 bridgehead atoms. The number of H-pyrrole nitrogens is 1. The molecule has 0 amide bonds. The first-order valence-electron chi connectivity index (χ1n) is 11.4. The first-order valence-corrected chi connectivity index (χ1v) is 11.4. The Hall–Kier alpha value is -3.42. The number of rotatable bonds is 5. The van der Waals surface area contributed by atoms with Crippen LogP contribution in [-0.2, 0) is 6.42 Å². The molecule has 3 aliphatic rings. The van der Waals surface area contributed by atoms with Gasteiger partial charge in [-0.2, -0.15) is 10.1 Å². The van der Waals surface area contributed by atoms with Crippen molar-refractivity contribution < 1.29 is 9.15 Å². The van der Waals surface area contributed by atoms with E-state index in [1.807, 2.05) is 18.2 Å². The number of nitrogens with zero attached hydrogens (tertiary/aromatic N) is 5. The van der Waals surface area contributed by atoms with Crippen LogP contribution >= 0.6 is 0 Å². The highest BCUT2D eigenvalue weighted by molar-refractivity contribution is 5.93. The number of aromatic nitrogens is 5. The van der Waals surface area contributed by atoms with Crippen molar-refractivity contribution in [2.75, 3.05) is 11.4 Å². The first-order chi connectivity index (χ1) is 15.7. The Morgan fingerprint density at radius 3 is 2.94 bits per heavy atom. The summed E-state index contributed by atoms with van der Waals surface area (Å²) in [6.45, 7) is 3.01. The molecule has 0 unspecified atom stereocenters. The molecule has 0 radical (unpaired) electrons. The third-order valence-corrected chi connectivity index (χ3v) is 6.69. The molecule has 4 heterocycles. The summed E-state index contributed by atoms with van der Waals surface area (Å²) in [6.07, 6.45) is 8.09. The smallest absolute Gasteiger partial charge is 0.199 e. The van der Waals surface area contributed by atoms with Crippen molar-refractivity contribution in [3.63, 3.8) is 0 Å². The number of aryl methyl sites for hydroxylation is 1. The van der Waals surface area contributed by atoms with Crippen molar-refractivity contribution in [2.45, 2.75) is 57.0 Å². The van der Waals surface area contributed by atoms with E-state index in [2.05, 4.69) is 38.1 Å². The fourth-order valence-corrected chi connectivity index (χ4v) is 4.41. The van der Waals surface area contributed by atoms with Crippen LogP contribution in [0.25, 0.3) is 22.3 Å². The average Bonchev–Trinajstić information content (AvgIpc) is 3.70. The zero-order chi connectivity index (χ0) is 21.3. The molecular weight excluding hydrogens is 404 g/mol. The summed E-state index contributed by atoms with van der Waals surface area (Å²) in [4.78, 5) is 16.1. The molecule has 32 heavy (non-hydrogen) atoms. The van der Waals surface area contributed by atoms with Crippen molar-refractivity contribution in [2.24, 2.45) is 0 Å². The molecule has 2 fully saturated rings. The first kappa shape index (κ1) is 18.2. The number of aromatic amines is 1. The van der Waals surface area contributed by atoms with Gasteiger partial charge in [-0.3, -0.25) is 5.10 Å². The lowest BCUT2D eigenvalue weighted by atomic mass is 10.1. The molecule has 2 saturated carbocycles. The number of oxazole rings is 1. The van der Waals surface area contributed by atoms with Crippen LogP contribution in [0.5, 0.6) is 5.75 Å². The highest BCUT2D eigenvalue weighted by atomic mass is 16.5. The maximum absolute atomic E-state index is 6.16. The third kappa shape index (κ3) is 3.04. The van der Waals surface area contributed by atoms with E-state index in [1.54, 1.807) is 6.33 Å². The highest BCUT2D eigenvalue weighted by Crippen LogP contribution is 2.44. The molecule has 0 atom stereocenters. The largest absolute Gasteiger partial charge is 0.488 e. The zero-order valence-corrected chi connectivity index (χ0v) is 18.0. The minimum Gasteiger partial charge on any atom is -0.488 e. The van der Waals surface area contributed by atoms with Crippen LogP contribution in [0.2, 0.25) is 0 Å². The maximum atomic E-state index is 6.16. The second-order valence-corrected chi connectivity index (χ2v) is 9.42. The lowest BCUT2D eigenvalue weighted by Crippen LogP contribution is -2.25. The fraction of sp³-hybridized carbons (Fsp3) is 0.417. The second-order valence-electron chi connectivity index (χ2n) is 9.42. The van der Waals surface area contributed by atoms with E-state index < -0.39 is 0 Å². The molecule has 1 aliphatic heterocycles. The zero-order valence-electron chi connectivity index (χ0n) is 18.0. The number of benzene rings is 1. The number of ether oxygens (including phenoxy) is 1. The van der Waals surface area contributed by atoms with Crippen LogP contribution in [0, 0.1) is 0 Å². The van der Waals surface area contributed by atoms with E-state index in [9.17, 15) is 0 Å². The average molecular weight is 428 g/mol. The Balaban J connectivity index is 1.26. The maximum Gasteiger partial charge on any atom is 0.199 e. The predicted octanol–water partition coefficient (Wildman–Crippen LogP) is 4.90. The van der Waals surface area contributed by atoms with Crippen LogP contribution in [0.4, 0.5) is 11.6 Å². The normalized spacial score (nSPS) is 19.2. The van der Waals surface area contributed by atoms with Gasteiger partial charge >= 0.3 is 0 Å². The van der Waals surface area contributed by atoms with E-state index >= 15 is 0 Å². The van der Waals surface area contributed by atoms with Gasteiger partial charge in [0.15, 0.2) is 11.7 Å².